The summed E-state index contributed by atoms with van der Waals surface area (Å²) in [5.41, 5.74) is 2.85. The number of amides is 1. The number of pyridine rings is 1. The maximum Gasteiger partial charge on any atom is 0.261 e. The first-order valence-electron chi connectivity index (χ1n) is 11.3. The number of carbonyl (C=O) groups is 1. The largest absolute Gasteiger partial charge is 0.493 e. The molecule has 2 heterocycles. The number of rotatable bonds is 7. The van der Waals surface area contributed by atoms with Crippen LogP contribution in [0.25, 0.3) is 11.4 Å². The molecule has 0 saturated carbocycles. The molecule has 7 heteroatoms. The summed E-state index contributed by atoms with van der Waals surface area (Å²) in [5.74, 6) is 1.67. The Kier molecular flexibility index (Phi) is 6.58. The minimum Gasteiger partial charge on any atom is -0.493 e. The van der Waals surface area contributed by atoms with E-state index >= 15 is 0 Å². The van der Waals surface area contributed by atoms with E-state index in [-0.39, 0.29) is 17.4 Å². The summed E-state index contributed by atoms with van der Waals surface area (Å²) in [6.45, 7) is 6.33. The number of ether oxygens (including phenoxy) is 2. The van der Waals surface area contributed by atoms with E-state index in [1.807, 2.05) is 49.5 Å². The first-order valence-corrected chi connectivity index (χ1v) is 11.3. The molecule has 3 aromatic rings. The minimum absolute atomic E-state index is 0.0139. The first-order chi connectivity index (χ1) is 15.9. The summed E-state index contributed by atoms with van der Waals surface area (Å²) in [6, 6.07) is 11.0. The van der Waals surface area contributed by atoms with Crippen molar-refractivity contribution >= 4 is 5.91 Å². The average molecular weight is 447 g/mol. The van der Waals surface area contributed by atoms with Gasteiger partial charge in [0.1, 0.15) is 0 Å². The van der Waals surface area contributed by atoms with E-state index in [4.69, 9.17) is 14.5 Å². The second kappa shape index (κ2) is 9.57. The number of nitrogens with zero attached hydrogens (tertiary/aromatic N) is 3. The third kappa shape index (κ3) is 5.13. The predicted octanol–water partition coefficient (Wildman–Crippen LogP) is 4.53. The number of hydrogen-bond acceptors (Lipinski definition) is 6. The zero-order valence-electron chi connectivity index (χ0n) is 19.5. The molecule has 0 saturated heterocycles. The Hall–Kier alpha value is -3.48. The summed E-state index contributed by atoms with van der Waals surface area (Å²) >= 11 is 0. The van der Waals surface area contributed by atoms with Crippen LogP contribution in [0.5, 0.6) is 11.5 Å². The van der Waals surface area contributed by atoms with Crippen LogP contribution in [0.4, 0.5) is 0 Å². The van der Waals surface area contributed by atoms with Gasteiger partial charge in [0.05, 0.1) is 18.8 Å². The molecule has 172 valence electrons. The van der Waals surface area contributed by atoms with Crippen molar-refractivity contribution in [3.63, 3.8) is 0 Å². The molecule has 0 bridgehead atoms. The normalized spacial score (nSPS) is 17.5. The molecule has 0 unspecified atom stereocenters. The number of fused-ring (bicyclic) bond motifs is 1. The van der Waals surface area contributed by atoms with Crippen LogP contribution < -0.4 is 14.8 Å². The summed E-state index contributed by atoms with van der Waals surface area (Å²) in [7, 11) is 1.59. The van der Waals surface area contributed by atoms with Crippen molar-refractivity contribution < 1.29 is 14.3 Å². The molecule has 2 aromatic heterocycles. The Balaban J connectivity index is 1.57. The third-order valence-electron chi connectivity index (χ3n) is 5.93. The average Bonchev–Trinajstić information content (AvgIpc) is 2.82. The predicted molar refractivity (Wildman–Crippen MR) is 126 cm³/mol. The molecule has 0 radical (unpaired) electrons. The number of nitrogens with one attached hydrogen (secondary N) is 1. The van der Waals surface area contributed by atoms with Crippen LogP contribution in [0, 0.1) is 5.41 Å². The second-order valence-electron chi connectivity index (χ2n) is 9.10. The molecular weight excluding hydrogens is 416 g/mol. The summed E-state index contributed by atoms with van der Waals surface area (Å²) in [5, 5.41) is 3.20. The molecule has 0 fully saturated rings. The fourth-order valence-electron chi connectivity index (χ4n) is 4.27. The van der Waals surface area contributed by atoms with Gasteiger partial charge in [0.15, 0.2) is 23.4 Å². The number of carbonyl (C=O) groups excluding carboxylic acids is 1. The lowest BCUT2D eigenvalue weighted by Crippen LogP contribution is -2.43. The minimum atomic E-state index is -0.633. The van der Waals surface area contributed by atoms with Crippen LogP contribution in [0.3, 0.4) is 0 Å². The highest BCUT2D eigenvalue weighted by atomic mass is 16.5. The zero-order chi connectivity index (χ0) is 23.4. The van der Waals surface area contributed by atoms with Gasteiger partial charge in [-0.3, -0.25) is 9.78 Å². The molecule has 1 aromatic carbocycles. The zero-order valence-corrected chi connectivity index (χ0v) is 19.5. The van der Waals surface area contributed by atoms with Crippen molar-refractivity contribution in [3.05, 3.63) is 66.2 Å². The molecule has 1 N–H and O–H groups in total. The molecule has 1 aliphatic rings. The molecule has 1 amide bonds. The molecule has 0 spiro atoms. The van der Waals surface area contributed by atoms with Gasteiger partial charge in [0, 0.05) is 29.7 Å². The van der Waals surface area contributed by atoms with Gasteiger partial charge in [-0.2, -0.15) is 0 Å². The molecule has 4 rings (SSSR count). The first kappa shape index (κ1) is 22.7. The standard InChI is InChI=1S/C26H30N4O3/c1-5-21(33-23-9-7-6-8-22(23)32-4)25(31)30-20-15-26(2,3)14-19-18(20)16-28-24(29-19)17-10-12-27-13-11-17/h6-13,16,20-21H,5,14-15H2,1-4H3,(H,30,31)/t20-,21-/m1/s1. The lowest BCUT2D eigenvalue weighted by Gasteiger charge is -2.37. The van der Waals surface area contributed by atoms with E-state index < -0.39 is 6.10 Å². The van der Waals surface area contributed by atoms with Crippen LogP contribution in [0.2, 0.25) is 0 Å². The Bertz CT molecular complexity index is 1120. The van der Waals surface area contributed by atoms with Crippen molar-refractivity contribution in [2.45, 2.75) is 52.2 Å². The second-order valence-corrected chi connectivity index (χ2v) is 9.10. The Morgan fingerprint density at radius 1 is 1.18 bits per heavy atom. The monoisotopic (exact) mass is 446 g/mol. The Labute approximate surface area is 194 Å². The third-order valence-corrected chi connectivity index (χ3v) is 5.93. The van der Waals surface area contributed by atoms with Gasteiger partial charge in [-0.05, 0) is 48.9 Å². The summed E-state index contributed by atoms with van der Waals surface area (Å²) in [4.78, 5) is 26.7. The highest BCUT2D eigenvalue weighted by Gasteiger charge is 2.35. The van der Waals surface area contributed by atoms with Crippen LogP contribution in [0.15, 0.2) is 55.0 Å². The Morgan fingerprint density at radius 2 is 1.91 bits per heavy atom. The quantitative estimate of drug-likeness (QED) is 0.574. The highest BCUT2D eigenvalue weighted by Crippen LogP contribution is 2.40. The van der Waals surface area contributed by atoms with Gasteiger partial charge in [0.25, 0.3) is 5.91 Å². The van der Waals surface area contributed by atoms with E-state index in [9.17, 15) is 4.79 Å². The highest BCUT2D eigenvalue weighted by molar-refractivity contribution is 5.81. The number of methoxy groups -OCH3 is 1. The molecule has 33 heavy (non-hydrogen) atoms. The van der Waals surface area contributed by atoms with Crippen molar-refractivity contribution in [2.24, 2.45) is 5.41 Å². The number of para-hydroxylation sites is 2. The summed E-state index contributed by atoms with van der Waals surface area (Å²) in [6.07, 6.45) is 6.84. The van der Waals surface area contributed by atoms with Crippen molar-refractivity contribution in [2.75, 3.05) is 7.11 Å². The molecule has 7 nitrogen and oxygen atoms in total. The van der Waals surface area contributed by atoms with E-state index in [1.165, 1.54) is 0 Å². The van der Waals surface area contributed by atoms with Gasteiger partial charge in [0.2, 0.25) is 0 Å². The van der Waals surface area contributed by atoms with E-state index in [0.29, 0.717) is 23.7 Å². The molecule has 0 aliphatic heterocycles. The molecular formula is C26H30N4O3. The van der Waals surface area contributed by atoms with E-state index in [0.717, 1.165) is 29.7 Å². The fourth-order valence-corrected chi connectivity index (χ4v) is 4.27. The van der Waals surface area contributed by atoms with Gasteiger partial charge in [-0.15, -0.1) is 0 Å². The Morgan fingerprint density at radius 3 is 2.61 bits per heavy atom. The molecule has 1 aliphatic carbocycles. The number of benzene rings is 1. The van der Waals surface area contributed by atoms with Crippen molar-refractivity contribution in [1.29, 1.82) is 0 Å². The SMILES string of the molecule is CC[C@@H](Oc1ccccc1OC)C(=O)N[C@@H]1CC(C)(C)Cc2nc(-c3ccncc3)ncc21. The van der Waals surface area contributed by atoms with E-state index in [2.05, 4.69) is 29.1 Å². The lowest BCUT2D eigenvalue weighted by atomic mass is 9.74. The lowest BCUT2D eigenvalue weighted by molar-refractivity contribution is -0.129. The number of hydrogen-bond donors (Lipinski definition) is 1. The van der Waals surface area contributed by atoms with E-state index in [1.54, 1.807) is 19.5 Å². The van der Waals surface area contributed by atoms with Gasteiger partial charge >= 0.3 is 0 Å². The number of aromatic nitrogens is 3. The van der Waals surface area contributed by atoms with Crippen LogP contribution in [0.1, 0.15) is 50.9 Å². The van der Waals surface area contributed by atoms with Gasteiger partial charge < -0.3 is 14.8 Å². The van der Waals surface area contributed by atoms with Gasteiger partial charge in [-0.1, -0.05) is 32.9 Å². The fraction of sp³-hybridized carbons (Fsp3) is 0.385. The summed E-state index contributed by atoms with van der Waals surface area (Å²) < 4.78 is 11.4. The van der Waals surface area contributed by atoms with Crippen LogP contribution in [-0.4, -0.2) is 34.1 Å². The maximum absolute atomic E-state index is 13.2. The van der Waals surface area contributed by atoms with Crippen LogP contribution in [-0.2, 0) is 11.2 Å². The molecule has 2 atom stereocenters. The van der Waals surface area contributed by atoms with Crippen LogP contribution >= 0.6 is 0 Å². The van der Waals surface area contributed by atoms with Gasteiger partial charge in [-0.25, -0.2) is 9.97 Å². The van der Waals surface area contributed by atoms with Crippen molar-refractivity contribution in [1.82, 2.24) is 20.3 Å². The maximum atomic E-state index is 13.2. The topological polar surface area (TPSA) is 86.2 Å². The smallest absolute Gasteiger partial charge is 0.261 e. The van der Waals surface area contributed by atoms with Crippen molar-refractivity contribution in [3.8, 4) is 22.9 Å².